The average molecular weight is 344 g/mol. The Kier molecular flexibility index (Phi) is 4.85. The third kappa shape index (κ3) is 3.56. The topological polar surface area (TPSA) is 65.1 Å². The molecule has 6 nitrogen and oxygen atoms in total. The maximum absolute atomic E-state index is 13.6. The molecular formula is C18H21FN4O2. The SMILES string of the molecule is CCn1cc(Cn2nc(OC)cc2-c2ccc(F)cc2[C@@H](C)O)cn1. The smallest absolute Gasteiger partial charge is 0.233 e. The van der Waals surface area contributed by atoms with Crippen LogP contribution in [0.4, 0.5) is 4.39 Å². The molecule has 0 radical (unpaired) electrons. The molecule has 2 aromatic heterocycles. The van der Waals surface area contributed by atoms with E-state index in [1.54, 1.807) is 37.0 Å². The van der Waals surface area contributed by atoms with Gasteiger partial charge in [0.25, 0.3) is 0 Å². The Hall–Kier alpha value is -2.67. The summed E-state index contributed by atoms with van der Waals surface area (Å²) in [5.74, 6) is 0.0700. The van der Waals surface area contributed by atoms with Gasteiger partial charge in [-0.15, -0.1) is 5.10 Å². The predicted molar refractivity (Wildman–Crippen MR) is 91.8 cm³/mol. The fraction of sp³-hybridized carbons (Fsp3) is 0.333. The van der Waals surface area contributed by atoms with Crippen LogP contribution in [-0.2, 0) is 13.1 Å². The minimum Gasteiger partial charge on any atom is -0.480 e. The lowest BCUT2D eigenvalue weighted by molar-refractivity contribution is 0.199. The molecule has 7 heteroatoms. The highest BCUT2D eigenvalue weighted by atomic mass is 19.1. The zero-order chi connectivity index (χ0) is 18.0. The van der Waals surface area contributed by atoms with Crippen LogP contribution in [-0.4, -0.2) is 31.8 Å². The zero-order valence-corrected chi connectivity index (χ0v) is 14.5. The number of hydrogen-bond donors (Lipinski definition) is 1. The minimum atomic E-state index is -0.803. The number of aromatic nitrogens is 4. The second-order valence-corrected chi connectivity index (χ2v) is 5.84. The minimum absolute atomic E-state index is 0.387. The van der Waals surface area contributed by atoms with Crippen molar-refractivity contribution < 1.29 is 14.2 Å². The van der Waals surface area contributed by atoms with Gasteiger partial charge in [-0.2, -0.15) is 5.10 Å². The molecule has 132 valence electrons. The molecular weight excluding hydrogens is 323 g/mol. The number of methoxy groups -OCH3 is 1. The molecule has 3 aromatic rings. The number of hydrogen-bond acceptors (Lipinski definition) is 4. The lowest BCUT2D eigenvalue weighted by Crippen LogP contribution is -2.06. The van der Waals surface area contributed by atoms with E-state index in [1.807, 2.05) is 17.8 Å². The van der Waals surface area contributed by atoms with Crippen molar-refractivity contribution in [3.8, 4) is 17.1 Å². The maximum atomic E-state index is 13.6. The Bertz CT molecular complexity index is 870. The van der Waals surface area contributed by atoms with Crippen LogP contribution in [0.2, 0.25) is 0 Å². The van der Waals surface area contributed by atoms with Gasteiger partial charge in [0.15, 0.2) is 0 Å². The zero-order valence-electron chi connectivity index (χ0n) is 14.5. The Morgan fingerprint density at radius 3 is 2.76 bits per heavy atom. The third-order valence-corrected chi connectivity index (χ3v) is 4.05. The van der Waals surface area contributed by atoms with E-state index in [4.69, 9.17) is 4.74 Å². The summed E-state index contributed by atoms with van der Waals surface area (Å²) in [5.41, 5.74) is 2.97. The Labute approximate surface area is 145 Å². The van der Waals surface area contributed by atoms with Gasteiger partial charge in [-0.05, 0) is 37.6 Å². The van der Waals surface area contributed by atoms with Crippen LogP contribution in [0, 0.1) is 5.82 Å². The Morgan fingerprint density at radius 1 is 1.32 bits per heavy atom. The van der Waals surface area contributed by atoms with Crippen LogP contribution in [0.5, 0.6) is 5.88 Å². The summed E-state index contributed by atoms with van der Waals surface area (Å²) in [5, 5.41) is 18.7. The monoisotopic (exact) mass is 344 g/mol. The molecule has 0 aliphatic rings. The molecule has 0 fully saturated rings. The van der Waals surface area contributed by atoms with Gasteiger partial charge in [-0.25, -0.2) is 4.39 Å². The number of aryl methyl sites for hydroxylation is 1. The molecule has 1 atom stereocenters. The molecule has 0 spiro atoms. The van der Waals surface area contributed by atoms with Gasteiger partial charge in [-0.3, -0.25) is 9.36 Å². The first kappa shape index (κ1) is 17.2. The summed E-state index contributed by atoms with van der Waals surface area (Å²) in [6, 6.07) is 6.15. The number of aliphatic hydroxyl groups excluding tert-OH is 1. The van der Waals surface area contributed by atoms with Crippen molar-refractivity contribution in [2.75, 3.05) is 7.11 Å². The van der Waals surface area contributed by atoms with E-state index < -0.39 is 6.10 Å². The molecule has 1 N–H and O–H groups in total. The molecule has 0 unspecified atom stereocenters. The van der Waals surface area contributed by atoms with Crippen LogP contribution in [0.1, 0.15) is 31.1 Å². The van der Waals surface area contributed by atoms with Crippen LogP contribution in [0.15, 0.2) is 36.7 Å². The van der Waals surface area contributed by atoms with E-state index in [9.17, 15) is 9.50 Å². The van der Waals surface area contributed by atoms with Crippen LogP contribution in [0.3, 0.4) is 0 Å². The second-order valence-electron chi connectivity index (χ2n) is 5.84. The van der Waals surface area contributed by atoms with Crippen molar-refractivity contribution in [1.29, 1.82) is 0 Å². The molecule has 0 saturated heterocycles. The normalized spacial score (nSPS) is 12.4. The molecule has 0 aliphatic heterocycles. The summed E-state index contributed by atoms with van der Waals surface area (Å²) in [6.45, 7) is 4.92. The molecule has 25 heavy (non-hydrogen) atoms. The standard InChI is InChI=1S/C18H21FN4O2/c1-4-22-10-13(9-20-22)11-23-17(8-18(21-23)25-3)15-6-5-14(19)7-16(15)12(2)24/h5-10,12,24H,4,11H2,1-3H3/t12-/m1/s1. The first-order valence-electron chi connectivity index (χ1n) is 8.13. The molecule has 1 aromatic carbocycles. The highest BCUT2D eigenvalue weighted by Gasteiger charge is 2.17. The first-order chi connectivity index (χ1) is 12.0. The third-order valence-electron chi connectivity index (χ3n) is 4.05. The molecule has 0 saturated carbocycles. The van der Waals surface area contributed by atoms with Gasteiger partial charge in [-0.1, -0.05) is 0 Å². The van der Waals surface area contributed by atoms with Gasteiger partial charge in [0, 0.05) is 29.9 Å². The van der Waals surface area contributed by atoms with Crippen molar-refractivity contribution in [2.45, 2.75) is 33.0 Å². The van der Waals surface area contributed by atoms with E-state index in [0.29, 0.717) is 18.0 Å². The fourth-order valence-electron chi connectivity index (χ4n) is 2.78. The summed E-state index contributed by atoms with van der Waals surface area (Å²) in [7, 11) is 1.55. The number of halogens is 1. The van der Waals surface area contributed by atoms with Crippen LogP contribution >= 0.6 is 0 Å². The summed E-state index contributed by atoms with van der Waals surface area (Å²) >= 11 is 0. The highest BCUT2D eigenvalue weighted by Crippen LogP contribution is 2.31. The Morgan fingerprint density at radius 2 is 2.12 bits per heavy atom. The van der Waals surface area contributed by atoms with E-state index in [-0.39, 0.29) is 5.82 Å². The van der Waals surface area contributed by atoms with E-state index in [1.165, 1.54) is 12.1 Å². The fourth-order valence-corrected chi connectivity index (χ4v) is 2.78. The molecule has 0 bridgehead atoms. The van der Waals surface area contributed by atoms with Gasteiger partial charge in [0.1, 0.15) is 5.82 Å². The number of rotatable bonds is 6. The van der Waals surface area contributed by atoms with E-state index in [0.717, 1.165) is 23.4 Å². The predicted octanol–water partition coefficient (Wildman–Crippen LogP) is 3.02. The summed E-state index contributed by atoms with van der Waals surface area (Å²) in [6.07, 6.45) is 2.95. The van der Waals surface area contributed by atoms with Crippen molar-refractivity contribution in [3.05, 3.63) is 53.6 Å². The molecule has 0 aliphatic carbocycles. The van der Waals surface area contributed by atoms with Gasteiger partial charge in [0.2, 0.25) is 5.88 Å². The van der Waals surface area contributed by atoms with Crippen molar-refractivity contribution >= 4 is 0 Å². The number of benzene rings is 1. The lowest BCUT2D eigenvalue weighted by atomic mass is 10.0. The molecule has 3 rings (SSSR count). The van der Waals surface area contributed by atoms with Crippen LogP contribution < -0.4 is 4.74 Å². The lowest BCUT2D eigenvalue weighted by Gasteiger charge is -2.13. The van der Waals surface area contributed by atoms with E-state index >= 15 is 0 Å². The molecule has 0 amide bonds. The first-order valence-corrected chi connectivity index (χ1v) is 8.13. The summed E-state index contributed by atoms with van der Waals surface area (Å²) < 4.78 is 22.5. The van der Waals surface area contributed by atoms with Gasteiger partial charge in [0.05, 0.1) is 31.6 Å². The number of nitrogens with zero attached hydrogens (tertiary/aromatic N) is 4. The van der Waals surface area contributed by atoms with Crippen molar-refractivity contribution in [1.82, 2.24) is 19.6 Å². The molecule has 2 heterocycles. The van der Waals surface area contributed by atoms with Gasteiger partial charge < -0.3 is 9.84 Å². The number of ether oxygens (including phenoxy) is 1. The Balaban J connectivity index is 2.06. The second kappa shape index (κ2) is 7.06. The van der Waals surface area contributed by atoms with Gasteiger partial charge >= 0.3 is 0 Å². The number of aliphatic hydroxyl groups is 1. The largest absolute Gasteiger partial charge is 0.480 e. The van der Waals surface area contributed by atoms with Crippen molar-refractivity contribution in [2.24, 2.45) is 0 Å². The van der Waals surface area contributed by atoms with E-state index in [2.05, 4.69) is 10.2 Å². The average Bonchev–Trinajstić information content (AvgIpc) is 3.21. The highest BCUT2D eigenvalue weighted by molar-refractivity contribution is 5.66. The quantitative estimate of drug-likeness (QED) is 0.746. The maximum Gasteiger partial charge on any atom is 0.233 e. The summed E-state index contributed by atoms with van der Waals surface area (Å²) in [4.78, 5) is 0. The van der Waals surface area contributed by atoms with Crippen LogP contribution in [0.25, 0.3) is 11.3 Å². The van der Waals surface area contributed by atoms with Crippen molar-refractivity contribution in [3.63, 3.8) is 0 Å².